The second-order valence-electron chi connectivity index (χ2n) is 3.53. The van der Waals surface area contributed by atoms with E-state index >= 15 is 0 Å². The lowest BCUT2D eigenvalue weighted by atomic mass is 10.0. The van der Waals surface area contributed by atoms with E-state index in [9.17, 15) is 4.79 Å². The van der Waals surface area contributed by atoms with Crippen LogP contribution in [0.5, 0.6) is 5.75 Å². The van der Waals surface area contributed by atoms with Crippen molar-refractivity contribution in [2.75, 3.05) is 7.11 Å². The van der Waals surface area contributed by atoms with Gasteiger partial charge in [-0.3, -0.25) is 4.79 Å². The lowest BCUT2D eigenvalue weighted by Crippen LogP contribution is -2.01. The van der Waals surface area contributed by atoms with Gasteiger partial charge < -0.3 is 4.74 Å². The molecule has 0 unspecified atom stereocenters. The maximum atomic E-state index is 12.1. The molecule has 2 nitrogen and oxygen atoms in total. The van der Waals surface area contributed by atoms with Crippen molar-refractivity contribution in [3.05, 3.63) is 51.7 Å². The van der Waals surface area contributed by atoms with Gasteiger partial charge in [-0.05, 0) is 30.0 Å². The zero-order valence-corrected chi connectivity index (χ0v) is 10.0. The predicted molar refractivity (Wildman–Crippen MR) is 65.5 cm³/mol. The monoisotopic (exact) mass is 232 g/mol. The first-order chi connectivity index (χ1) is 7.72. The van der Waals surface area contributed by atoms with Crippen LogP contribution in [-0.2, 0) is 0 Å². The van der Waals surface area contributed by atoms with Crippen LogP contribution in [0.2, 0.25) is 0 Å². The molecular formula is C13H12O2S. The zero-order chi connectivity index (χ0) is 11.5. The van der Waals surface area contributed by atoms with Crippen LogP contribution in [0.15, 0.2) is 35.0 Å². The fourth-order valence-electron chi connectivity index (χ4n) is 1.51. The standard InChI is InChI=1S/C13H12O2S/c1-9-7-16-8-12(9)13(14)10-4-3-5-11(6-10)15-2/h3-8H,1-2H3. The topological polar surface area (TPSA) is 26.3 Å². The molecule has 0 aliphatic carbocycles. The third kappa shape index (κ3) is 1.99. The third-order valence-electron chi connectivity index (χ3n) is 2.43. The molecule has 3 heteroatoms. The van der Waals surface area contributed by atoms with E-state index in [4.69, 9.17) is 4.74 Å². The van der Waals surface area contributed by atoms with Gasteiger partial charge in [0.25, 0.3) is 0 Å². The van der Waals surface area contributed by atoms with Gasteiger partial charge in [0, 0.05) is 16.5 Å². The summed E-state index contributed by atoms with van der Waals surface area (Å²) in [5, 5.41) is 3.87. The molecule has 1 aromatic carbocycles. The maximum absolute atomic E-state index is 12.1. The SMILES string of the molecule is COc1cccc(C(=O)c2cscc2C)c1. The Bertz CT molecular complexity index is 514. The lowest BCUT2D eigenvalue weighted by molar-refractivity contribution is 0.103. The maximum Gasteiger partial charge on any atom is 0.194 e. The van der Waals surface area contributed by atoms with Crippen LogP contribution in [-0.4, -0.2) is 12.9 Å². The van der Waals surface area contributed by atoms with Gasteiger partial charge in [0.15, 0.2) is 5.78 Å². The van der Waals surface area contributed by atoms with Crippen molar-refractivity contribution in [2.45, 2.75) is 6.92 Å². The van der Waals surface area contributed by atoms with Crippen molar-refractivity contribution < 1.29 is 9.53 Å². The molecule has 2 rings (SSSR count). The molecule has 16 heavy (non-hydrogen) atoms. The number of ketones is 1. The normalized spacial score (nSPS) is 10.1. The van der Waals surface area contributed by atoms with Gasteiger partial charge in [0.05, 0.1) is 7.11 Å². The van der Waals surface area contributed by atoms with Crippen LogP contribution in [0.25, 0.3) is 0 Å². The number of thiophene rings is 1. The van der Waals surface area contributed by atoms with Gasteiger partial charge in [0.1, 0.15) is 5.75 Å². The second-order valence-corrected chi connectivity index (χ2v) is 4.27. The molecule has 2 aromatic rings. The van der Waals surface area contributed by atoms with E-state index in [1.54, 1.807) is 24.5 Å². The first kappa shape index (κ1) is 10.9. The highest BCUT2D eigenvalue weighted by molar-refractivity contribution is 7.08. The molecule has 0 aliphatic heterocycles. The molecule has 0 aliphatic rings. The van der Waals surface area contributed by atoms with Gasteiger partial charge >= 0.3 is 0 Å². The van der Waals surface area contributed by atoms with E-state index in [1.807, 2.05) is 35.9 Å². The van der Waals surface area contributed by atoms with E-state index in [-0.39, 0.29) is 5.78 Å². The summed E-state index contributed by atoms with van der Waals surface area (Å²) in [4.78, 5) is 12.1. The fraction of sp³-hybridized carbons (Fsp3) is 0.154. The Labute approximate surface area is 98.5 Å². The van der Waals surface area contributed by atoms with Gasteiger partial charge in [0.2, 0.25) is 0 Å². The zero-order valence-electron chi connectivity index (χ0n) is 9.19. The van der Waals surface area contributed by atoms with Crippen LogP contribution < -0.4 is 4.74 Å². The molecule has 0 saturated heterocycles. The molecule has 0 atom stereocenters. The summed E-state index contributed by atoms with van der Waals surface area (Å²) in [6.45, 7) is 1.95. The Morgan fingerprint density at radius 3 is 2.75 bits per heavy atom. The molecule has 0 amide bonds. The van der Waals surface area contributed by atoms with Crippen LogP contribution in [0.4, 0.5) is 0 Å². The van der Waals surface area contributed by atoms with Crippen molar-refractivity contribution >= 4 is 17.1 Å². The largest absolute Gasteiger partial charge is 0.497 e. The number of methoxy groups -OCH3 is 1. The number of benzene rings is 1. The molecule has 0 spiro atoms. The van der Waals surface area contributed by atoms with Crippen LogP contribution in [0, 0.1) is 6.92 Å². The number of hydrogen-bond donors (Lipinski definition) is 0. The number of ether oxygens (including phenoxy) is 1. The number of carbonyl (C=O) groups excluding carboxylic acids is 1. The Kier molecular flexibility index (Phi) is 3.06. The minimum absolute atomic E-state index is 0.0534. The summed E-state index contributed by atoms with van der Waals surface area (Å²) in [6.07, 6.45) is 0. The summed E-state index contributed by atoms with van der Waals surface area (Å²) < 4.78 is 5.10. The summed E-state index contributed by atoms with van der Waals surface area (Å²) in [5.41, 5.74) is 2.47. The molecule has 82 valence electrons. The number of carbonyl (C=O) groups is 1. The highest BCUT2D eigenvalue weighted by atomic mass is 32.1. The quantitative estimate of drug-likeness (QED) is 0.759. The van der Waals surface area contributed by atoms with Gasteiger partial charge in [-0.1, -0.05) is 12.1 Å². The Hall–Kier alpha value is -1.61. The molecule has 0 radical (unpaired) electrons. The summed E-state index contributed by atoms with van der Waals surface area (Å²) in [7, 11) is 1.60. The van der Waals surface area contributed by atoms with E-state index < -0.39 is 0 Å². The van der Waals surface area contributed by atoms with E-state index in [0.29, 0.717) is 11.3 Å². The second kappa shape index (κ2) is 4.49. The van der Waals surface area contributed by atoms with Crippen LogP contribution in [0.3, 0.4) is 0 Å². The van der Waals surface area contributed by atoms with E-state index in [1.165, 1.54) is 0 Å². The summed E-state index contributed by atoms with van der Waals surface area (Å²) in [6, 6.07) is 7.23. The smallest absolute Gasteiger partial charge is 0.194 e. The highest BCUT2D eigenvalue weighted by Gasteiger charge is 2.12. The minimum Gasteiger partial charge on any atom is -0.497 e. The number of hydrogen-bond acceptors (Lipinski definition) is 3. The summed E-state index contributed by atoms with van der Waals surface area (Å²) in [5.74, 6) is 0.761. The van der Waals surface area contributed by atoms with Crippen molar-refractivity contribution in [2.24, 2.45) is 0 Å². The summed E-state index contributed by atoms with van der Waals surface area (Å²) >= 11 is 1.55. The molecule has 1 aromatic heterocycles. The molecule has 0 N–H and O–H groups in total. The van der Waals surface area contributed by atoms with Crippen molar-refractivity contribution in [3.8, 4) is 5.75 Å². The van der Waals surface area contributed by atoms with Crippen LogP contribution in [0.1, 0.15) is 21.5 Å². The van der Waals surface area contributed by atoms with E-state index in [2.05, 4.69) is 0 Å². The predicted octanol–water partition coefficient (Wildman–Crippen LogP) is 3.30. The minimum atomic E-state index is 0.0534. The number of aryl methyl sites for hydroxylation is 1. The number of rotatable bonds is 3. The lowest BCUT2D eigenvalue weighted by Gasteiger charge is -2.03. The average molecular weight is 232 g/mol. The molecule has 0 fully saturated rings. The van der Waals surface area contributed by atoms with Crippen molar-refractivity contribution in [1.29, 1.82) is 0 Å². The molecule has 0 bridgehead atoms. The first-order valence-electron chi connectivity index (χ1n) is 4.94. The van der Waals surface area contributed by atoms with Crippen molar-refractivity contribution in [1.82, 2.24) is 0 Å². The fourth-order valence-corrected chi connectivity index (χ4v) is 2.34. The molecule has 0 saturated carbocycles. The molecular weight excluding hydrogens is 220 g/mol. The third-order valence-corrected chi connectivity index (χ3v) is 3.29. The average Bonchev–Trinajstić information content (AvgIpc) is 2.74. The van der Waals surface area contributed by atoms with E-state index in [0.717, 1.165) is 11.1 Å². The van der Waals surface area contributed by atoms with Crippen molar-refractivity contribution in [3.63, 3.8) is 0 Å². The van der Waals surface area contributed by atoms with Crippen LogP contribution >= 0.6 is 11.3 Å². The van der Waals surface area contributed by atoms with Gasteiger partial charge in [-0.25, -0.2) is 0 Å². The first-order valence-corrected chi connectivity index (χ1v) is 5.88. The Morgan fingerprint density at radius 2 is 2.12 bits per heavy atom. The Morgan fingerprint density at radius 1 is 1.31 bits per heavy atom. The van der Waals surface area contributed by atoms with Gasteiger partial charge in [-0.15, -0.1) is 0 Å². The molecule has 1 heterocycles. The van der Waals surface area contributed by atoms with Gasteiger partial charge in [-0.2, -0.15) is 11.3 Å². The Balaban J connectivity index is 2.38. The highest BCUT2D eigenvalue weighted by Crippen LogP contribution is 2.20.